The lowest BCUT2D eigenvalue weighted by atomic mass is 9.86. The van der Waals surface area contributed by atoms with E-state index in [1.54, 1.807) is 11.3 Å². The number of hydrogen-bond acceptors (Lipinski definition) is 4. The molecule has 55 heavy (non-hydrogen) atoms. The van der Waals surface area contributed by atoms with Crippen LogP contribution in [0.5, 0.6) is 0 Å². The van der Waals surface area contributed by atoms with Crippen molar-refractivity contribution in [3.63, 3.8) is 0 Å². The molecule has 0 saturated heterocycles. The van der Waals surface area contributed by atoms with Crippen LogP contribution in [0.1, 0.15) is 79.0 Å². The molecule has 0 aliphatic heterocycles. The van der Waals surface area contributed by atoms with Gasteiger partial charge in [0, 0.05) is 38.2 Å². The smallest absolute Gasteiger partial charge is 0.0882 e. The van der Waals surface area contributed by atoms with Crippen LogP contribution in [-0.4, -0.2) is 0 Å². The van der Waals surface area contributed by atoms with E-state index < -0.39 is 0 Å². The predicted molar refractivity (Wildman–Crippen MR) is 242 cm³/mol. The van der Waals surface area contributed by atoms with Gasteiger partial charge in [-0.05, 0) is 106 Å². The number of thiophene rings is 1. The summed E-state index contributed by atoms with van der Waals surface area (Å²) in [7, 11) is 0. The fourth-order valence-corrected chi connectivity index (χ4v) is 8.11. The molecule has 0 bridgehead atoms. The molecule has 7 aromatic rings. The van der Waals surface area contributed by atoms with Gasteiger partial charge < -0.3 is 15.1 Å². The number of halogens is 1. The van der Waals surface area contributed by atoms with Gasteiger partial charge in [0.05, 0.1) is 27.8 Å². The second-order valence-electron chi connectivity index (χ2n) is 17.5. The van der Waals surface area contributed by atoms with Crippen molar-refractivity contribution in [2.24, 2.45) is 0 Å². The summed E-state index contributed by atoms with van der Waals surface area (Å²) in [6.07, 6.45) is 0. The fourth-order valence-electron chi connectivity index (χ4n) is 6.96. The van der Waals surface area contributed by atoms with Crippen LogP contribution in [0.3, 0.4) is 0 Å². The third-order valence-corrected chi connectivity index (χ3v) is 11.6. The number of benzene rings is 6. The summed E-state index contributed by atoms with van der Waals surface area (Å²) in [6.45, 7) is 20.3. The van der Waals surface area contributed by atoms with Gasteiger partial charge in [-0.3, -0.25) is 0 Å². The molecule has 0 saturated carbocycles. The van der Waals surface area contributed by atoms with Crippen molar-refractivity contribution in [2.75, 3.05) is 15.1 Å². The maximum Gasteiger partial charge on any atom is 0.0882 e. The lowest BCUT2D eigenvalue weighted by molar-refractivity contribution is 0.590. The third-order valence-electron chi connectivity index (χ3n) is 10.2. The van der Waals surface area contributed by atoms with Crippen LogP contribution in [0.25, 0.3) is 10.1 Å². The first-order chi connectivity index (χ1) is 26.1. The Hall–Kier alpha value is -5.03. The molecule has 0 amide bonds. The van der Waals surface area contributed by atoms with E-state index in [1.807, 2.05) is 0 Å². The van der Waals surface area contributed by atoms with Crippen LogP contribution in [0, 0.1) is 0 Å². The van der Waals surface area contributed by atoms with Gasteiger partial charge in [0.15, 0.2) is 0 Å². The molecule has 1 heterocycles. The van der Waals surface area contributed by atoms with E-state index in [0.29, 0.717) is 5.02 Å². The zero-order chi connectivity index (χ0) is 39.1. The van der Waals surface area contributed by atoms with E-state index >= 15 is 0 Å². The molecule has 7 rings (SSSR count). The van der Waals surface area contributed by atoms with Crippen LogP contribution < -0.4 is 15.1 Å². The zero-order valence-corrected chi connectivity index (χ0v) is 35.1. The van der Waals surface area contributed by atoms with Crippen LogP contribution in [-0.2, 0) is 16.2 Å². The minimum absolute atomic E-state index is 0.00432. The van der Waals surface area contributed by atoms with Crippen molar-refractivity contribution in [3.05, 3.63) is 167 Å². The first-order valence-corrected chi connectivity index (χ1v) is 20.4. The summed E-state index contributed by atoms with van der Waals surface area (Å²) in [5, 5.41) is 7.87. The molecule has 0 aliphatic carbocycles. The molecule has 0 fully saturated rings. The maximum atomic E-state index is 7.73. The van der Waals surface area contributed by atoms with E-state index in [-0.39, 0.29) is 16.2 Å². The van der Waals surface area contributed by atoms with Gasteiger partial charge in [0.2, 0.25) is 0 Å². The highest BCUT2D eigenvalue weighted by Gasteiger charge is 2.26. The molecule has 280 valence electrons. The molecule has 0 spiro atoms. The van der Waals surface area contributed by atoms with Crippen molar-refractivity contribution in [1.29, 1.82) is 0 Å². The molecular formula is C50H52ClN3S. The molecule has 1 aromatic heterocycles. The molecule has 6 aromatic carbocycles. The molecular weight excluding hydrogens is 710 g/mol. The second kappa shape index (κ2) is 14.9. The van der Waals surface area contributed by atoms with E-state index in [9.17, 15) is 0 Å². The van der Waals surface area contributed by atoms with Gasteiger partial charge in [-0.2, -0.15) is 0 Å². The Morgan fingerprint density at radius 2 is 0.964 bits per heavy atom. The van der Waals surface area contributed by atoms with Crippen LogP contribution in [0.15, 0.2) is 145 Å². The first-order valence-electron chi connectivity index (χ1n) is 19.1. The lowest BCUT2D eigenvalue weighted by Gasteiger charge is -2.31. The lowest BCUT2D eigenvalue weighted by Crippen LogP contribution is -2.15. The number of hydrogen-bond donors (Lipinski definition) is 1. The Kier molecular flexibility index (Phi) is 10.4. The SMILES string of the molecule is CC(C)(C)c1ccc(Nc2cc(N(c3ccccc3)c3ccccc3)cc(N(c3ccc(C(C)(C)C)cc3)c3csc4ccc(C(C)(C)C)cc34)c2Cl)cc1. The summed E-state index contributed by atoms with van der Waals surface area (Å²) < 4.78 is 1.24. The number of anilines is 8. The van der Waals surface area contributed by atoms with E-state index in [0.717, 1.165) is 45.5 Å². The number of para-hydroxylation sites is 2. The fraction of sp³-hybridized carbons (Fsp3) is 0.240. The van der Waals surface area contributed by atoms with Gasteiger partial charge in [-0.1, -0.05) is 141 Å². The van der Waals surface area contributed by atoms with E-state index in [2.05, 4.69) is 222 Å². The predicted octanol–water partition coefficient (Wildman–Crippen LogP) is 16.1. The van der Waals surface area contributed by atoms with Crippen molar-refractivity contribution in [3.8, 4) is 0 Å². The van der Waals surface area contributed by atoms with Crippen LogP contribution >= 0.6 is 22.9 Å². The first kappa shape index (κ1) is 38.3. The van der Waals surface area contributed by atoms with Crippen molar-refractivity contribution < 1.29 is 0 Å². The summed E-state index contributed by atoms with van der Waals surface area (Å²) in [5.41, 5.74) is 11.8. The highest BCUT2D eigenvalue weighted by molar-refractivity contribution is 7.17. The van der Waals surface area contributed by atoms with Gasteiger partial charge in [0.1, 0.15) is 0 Å². The average molecular weight is 763 g/mol. The Morgan fingerprint density at radius 3 is 1.49 bits per heavy atom. The molecule has 0 radical (unpaired) electrons. The summed E-state index contributed by atoms with van der Waals surface area (Å²) in [4.78, 5) is 4.66. The number of nitrogens with one attached hydrogen (secondary N) is 1. The normalized spacial score (nSPS) is 12.2. The monoisotopic (exact) mass is 761 g/mol. The topological polar surface area (TPSA) is 18.5 Å². The Labute approximate surface area is 337 Å². The molecule has 0 atom stereocenters. The Bertz CT molecular complexity index is 2350. The van der Waals surface area contributed by atoms with Gasteiger partial charge in [-0.15, -0.1) is 11.3 Å². The number of nitrogens with zero attached hydrogens (tertiary/aromatic N) is 2. The highest BCUT2D eigenvalue weighted by Crippen LogP contribution is 2.50. The van der Waals surface area contributed by atoms with Crippen molar-refractivity contribution >= 4 is 78.5 Å². The second-order valence-corrected chi connectivity index (χ2v) is 18.8. The molecule has 0 aliphatic rings. The number of fused-ring (bicyclic) bond motifs is 1. The van der Waals surface area contributed by atoms with Crippen molar-refractivity contribution in [1.82, 2.24) is 0 Å². The largest absolute Gasteiger partial charge is 0.354 e. The van der Waals surface area contributed by atoms with E-state index in [1.165, 1.54) is 26.8 Å². The van der Waals surface area contributed by atoms with Crippen LogP contribution in [0.4, 0.5) is 45.5 Å². The Balaban J connectivity index is 1.51. The van der Waals surface area contributed by atoms with Gasteiger partial charge >= 0.3 is 0 Å². The molecule has 3 nitrogen and oxygen atoms in total. The van der Waals surface area contributed by atoms with Crippen LogP contribution in [0.2, 0.25) is 5.02 Å². The summed E-state index contributed by atoms with van der Waals surface area (Å²) >= 11 is 9.50. The Morgan fingerprint density at radius 1 is 0.473 bits per heavy atom. The highest BCUT2D eigenvalue weighted by atomic mass is 35.5. The molecule has 0 unspecified atom stereocenters. The quantitative estimate of drug-likeness (QED) is 0.166. The standard InChI is InChI=1S/C50H52ClN3S/c1-48(2,3)34-20-25-37(26-21-34)52-43-31-41(53(38-16-12-10-13-17-38)39-18-14-11-15-19-39)32-44(47(43)51)54(40-27-22-35(23-28-40)49(4,5)6)45-33-55-46-29-24-36(30-42(45)46)50(7,8)9/h10-33,52H,1-9H3. The minimum atomic E-state index is -0.00432. The minimum Gasteiger partial charge on any atom is -0.354 e. The average Bonchev–Trinajstić information content (AvgIpc) is 3.57. The van der Waals surface area contributed by atoms with Gasteiger partial charge in [0.25, 0.3) is 0 Å². The summed E-state index contributed by atoms with van der Waals surface area (Å²) in [6, 6.07) is 50.1. The molecule has 5 heteroatoms. The number of rotatable bonds is 8. The maximum absolute atomic E-state index is 7.73. The summed E-state index contributed by atoms with van der Waals surface area (Å²) in [5.74, 6) is 0. The van der Waals surface area contributed by atoms with Gasteiger partial charge in [-0.25, -0.2) is 0 Å². The van der Waals surface area contributed by atoms with Crippen molar-refractivity contribution in [2.45, 2.75) is 78.6 Å². The third kappa shape index (κ3) is 8.17. The van der Waals surface area contributed by atoms with E-state index in [4.69, 9.17) is 11.6 Å². The molecule has 1 N–H and O–H groups in total. The zero-order valence-electron chi connectivity index (χ0n) is 33.5.